The first-order valence-electron chi connectivity index (χ1n) is 8.19. The molecule has 2 amide bonds. The normalized spacial score (nSPS) is 26.2. The number of anilines is 1. The Kier molecular flexibility index (Phi) is 4.76. The maximum atomic E-state index is 12.0. The van der Waals surface area contributed by atoms with Crippen molar-refractivity contribution in [3.8, 4) is 0 Å². The Hall–Kier alpha value is -2.14. The number of nitrogens with zero attached hydrogens (tertiary/aromatic N) is 1. The number of hydrogen-bond acceptors (Lipinski definition) is 3. The summed E-state index contributed by atoms with van der Waals surface area (Å²) in [6.07, 6.45) is 4.92. The number of hydrogen-bond donors (Lipinski definition) is 2. The van der Waals surface area contributed by atoms with Gasteiger partial charge in [-0.3, -0.25) is 9.59 Å². The topological polar surface area (TPSA) is 61.4 Å². The predicted octanol–water partition coefficient (Wildman–Crippen LogP) is 1.70. The molecule has 23 heavy (non-hydrogen) atoms. The van der Waals surface area contributed by atoms with Crippen LogP contribution in [0, 0.1) is 12.8 Å². The van der Waals surface area contributed by atoms with Gasteiger partial charge in [-0.1, -0.05) is 17.7 Å². The second-order valence-electron chi connectivity index (χ2n) is 6.44. The lowest BCUT2D eigenvalue weighted by atomic mass is 9.84. The van der Waals surface area contributed by atoms with Gasteiger partial charge in [0.2, 0.25) is 11.8 Å². The van der Waals surface area contributed by atoms with Crippen LogP contribution in [-0.2, 0) is 9.59 Å². The lowest BCUT2D eigenvalue weighted by Gasteiger charge is -2.44. The van der Waals surface area contributed by atoms with E-state index in [1.165, 1.54) is 12.2 Å². The van der Waals surface area contributed by atoms with Gasteiger partial charge in [-0.2, -0.15) is 0 Å². The third-order valence-electron chi connectivity index (χ3n) is 4.69. The Morgan fingerprint density at radius 3 is 2.35 bits per heavy atom. The lowest BCUT2D eigenvalue weighted by molar-refractivity contribution is -0.119. The van der Waals surface area contributed by atoms with Gasteiger partial charge in [-0.25, -0.2) is 0 Å². The van der Waals surface area contributed by atoms with Gasteiger partial charge in [0, 0.05) is 30.4 Å². The number of piperidine rings is 3. The molecule has 122 valence electrons. The van der Waals surface area contributed by atoms with Gasteiger partial charge in [0.25, 0.3) is 0 Å². The molecule has 0 aromatic heterocycles. The van der Waals surface area contributed by atoms with E-state index in [1.54, 1.807) is 0 Å². The monoisotopic (exact) mass is 313 g/mol. The molecule has 0 spiro atoms. The highest BCUT2D eigenvalue weighted by atomic mass is 16.2. The Balaban J connectivity index is 1.48. The minimum Gasteiger partial charge on any atom is -0.348 e. The summed E-state index contributed by atoms with van der Waals surface area (Å²) in [5.41, 5.74) is 1.86. The maximum absolute atomic E-state index is 12.0. The molecule has 1 unspecified atom stereocenters. The predicted molar refractivity (Wildman–Crippen MR) is 90.0 cm³/mol. The number of rotatable bonds is 4. The van der Waals surface area contributed by atoms with Gasteiger partial charge in [0.15, 0.2) is 0 Å². The van der Waals surface area contributed by atoms with Gasteiger partial charge in [0.1, 0.15) is 0 Å². The average Bonchev–Trinajstić information content (AvgIpc) is 2.56. The second-order valence-corrected chi connectivity index (χ2v) is 6.44. The molecule has 0 radical (unpaired) electrons. The zero-order valence-corrected chi connectivity index (χ0v) is 13.4. The Bertz CT molecular complexity index is 601. The standard InChI is InChI=1S/C18H23N3O2/c1-13-2-4-15(5-3-13)19-17(22)6-7-18(23)20-16-12-21-10-8-14(16)9-11-21/h2-7,14,16H,8-12H2,1H3,(H,19,22)(H,20,23)/b7-6+. The van der Waals surface area contributed by atoms with E-state index in [2.05, 4.69) is 15.5 Å². The van der Waals surface area contributed by atoms with Gasteiger partial charge in [-0.15, -0.1) is 0 Å². The molecule has 5 heteroatoms. The molecule has 5 nitrogen and oxygen atoms in total. The highest BCUT2D eigenvalue weighted by molar-refractivity contribution is 6.03. The highest BCUT2D eigenvalue weighted by Crippen LogP contribution is 2.27. The van der Waals surface area contributed by atoms with Crippen molar-refractivity contribution in [1.29, 1.82) is 0 Å². The molecule has 1 aromatic carbocycles. The average molecular weight is 313 g/mol. The van der Waals surface area contributed by atoms with Gasteiger partial charge >= 0.3 is 0 Å². The number of nitrogens with one attached hydrogen (secondary N) is 2. The lowest BCUT2D eigenvalue weighted by Crippen LogP contribution is -2.57. The molecular formula is C18H23N3O2. The van der Waals surface area contributed by atoms with Crippen molar-refractivity contribution in [2.45, 2.75) is 25.8 Å². The SMILES string of the molecule is Cc1ccc(NC(=O)/C=C/C(=O)NC2CN3CCC2CC3)cc1. The van der Waals surface area contributed by atoms with Crippen LogP contribution in [0.25, 0.3) is 0 Å². The molecular weight excluding hydrogens is 290 g/mol. The Morgan fingerprint density at radius 2 is 1.74 bits per heavy atom. The van der Waals surface area contributed by atoms with Crippen molar-refractivity contribution in [2.75, 3.05) is 25.0 Å². The van der Waals surface area contributed by atoms with Crippen LogP contribution in [-0.4, -0.2) is 42.4 Å². The summed E-state index contributed by atoms with van der Waals surface area (Å²) < 4.78 is 0. The van der Waals surface area contributed by atoms with E-state index in [0.717, 1.165) is 43.7 Å². The van der Waals surface area contributed by atoms with E-state index < -0.39 is 0 Å². The summed E-state index contributed by atoms with van der Waals surface area (Å²) >= 11 is 0. The zero-order chi connectivity index (χ0) is 16.2. The fourth-order valence-electron chi connectivity index (χ4n) is 3.33. The summed E-state index contributed by atoms with van der Waals surface area (Å²) in [4.78, 5) is 26.2. The fourth-order valence-corrected chi connectivity index (χ4v) is 3.33. The molecule has 3 heterocycles. The van der Waals surface area contributed by atoms with Crippen LogP contribution < -0.4 is 10.6 Å². The molecule has 4 rings (SSSR count). The molecule has 3 aliphatic heterocycles. The van der Waals surface area contributed by atoms with Crippen molar-refractivity contribution < 1.29 is 9.59 Å². The Labute approximate surface area is 136 Å². The Morgan fingerprint density at radius 1 is 1.09 bits per heavy atom. The quantitative estimate of drug-likeness (QED) is 0.832. The number of benzene rings is 1. The smallest absolute Gasteiger partial charge is 0.248 e. The molecule has 1 aromatic rings. The van der Waals surface area contributed by atoms with Crippen LogP contribution in [0.3, 0.4) is 0 Å². The van der Waals surface area contributed by atoms with Crippen LogP contribution in [0.4, 0.5) is 5.69 Å². The molecule has 0 saturated carbocycles. The molecule has 1 atom stereocenters. The van der Waals surface area contributed by atoms with Gasteiger partial charge < -0.3 is 15.5 Å². The number of fused-ring (bicyclic) bond motifs is 3. The number of amides is 2. The molecule has 3 aliphatic rings. The van der Waals surface area contributed by atoms with Crippen molar-refractivity contribution >= 4 is 17.5 Å². The van der Waals surface area contributed by atoms with Crippen molar-refractivity contribution in [2.24, 2.45) is 5.92 Å². The number of carbonyl (C=O) groups is 2. The summed E-state index contributed by atoms with van der Waals surface area (Å²) in [7, 11) is 0. The largest absolute Gasteiger partial charge is 0.348 e. The summed E-state index contributed by atoms with van der Waals surface area (Å²) in [5, 5.41) is 5.77. The minimum absolute atomic E-state index is 0.192. The van der Waals surface area contributed by atoms with Gasteiger partial charge in [0.05, 0.1) is 0 Å². The van der Waals surface area contributed by atoms with E-state index >= 15 is 0 Å². The fraction of sp³-hybridized carbons (Fsp3) is 0.444. The van der Waals surface area contributed by atoms with E-state index in [0.29, 0.717) is 5.92 Å². The van der Waals surface area contributed by atoms with Gasteiger partial charge in [-0.05, 0) is 50.9 Å². The van der Waals surface area contributed by atoms with Crippen molar-refractivity contribution in [1.82, 2.24) is 10.2 Å². The zero-order valence-electron chi connectivity index (χ0n) is 13.4. The van der Waals surface area contributed by atoms with Crippen LogP contribution in [0.1, 0.15) is 18.4 Å². The molecule has 3 saturated heterocycles. The van der Waals surface area contributed by atoms with E-state index in [-0.39, 0.29) is 17.9 Å². The van der Waals surface area contributed by atoms with Crippen LogP contribution in [0.15, 0.2) is 36.4 Å². The second kappa shape index (κ2) is 6.96. The van der Waals surface area contributed by atoms with Crippen LogP contribution >= 0.6 is 0 Å². The first-order valence-corrected chi connectivity index (χ1v) is 8.19. The number of aryl methyl sites for hydroxylation is 1. The van der Waals surface area contributed by atoms with E-state index in [1.807, 2.05) is 31.2 Å². The molecule has 3 fully saturated rings. The third-order valence-corrected chi connectivity index (χ3v) is 4.69. The molecule has 2 N–H and O–H groups in total. The molecule has 0 aliphatic carbocycles. The van der Waals surface area contributed by atoms with Crippen molar-refractivity contribution in [3.05, 3.63) is 42.0 Å². The molecule has 2 bridgehead atoms. The van der Waals surface area contributed by atoms with Crippen LogP contribution in [0.5, 0.6) is 0 Å². The highest BCUT2D eigenvalue weighted by Gasteiger charge is 2.34. The van der Waals surface area contributed by atoms with Crippen molar-refractivity contribution in [3.63, 3.8) is 0 Å². The summed E-state index contributed by atoms with van der Waals surface area (Å²) in [6, 6.07) is 7.76. The maximum Gasteiger partial charge on any atom is 0.248 e. The third kappa shape index (κ3) is 4.20. The summed E-state index contributed by atoms with van der Waals surface area (Å²) in [6.45, 7) is 5.21. The first-order chi connectivity index (χ1) is 11.1. The minimum atomic E-state index is -0.294. The number of carbonyl (C=O) groups excluding carboxylic acids is 2. The first kappa shape index (κ1) is 15.7. The van der Waals surface area contributed by atoms with E-state index in [9.17, 15) is 9.59 Å². The van der Waals surface area contributed by atoms with E-state index in [4.69, 9.17) is 0 Å². The summed E-state index contributed by atoms with van der Waals surface area (Å²) in [5.74, 6) is 0.0967. The van der Waals surface area contributed by atoms with Crippen LogP contribution in [0.2, 0.25) is 0 Å².